The highest BCUT2D eigenvalue weighted by Crippen LogP contribution is 2.17. The van der Waals surface area contributed by atoms with Crippen LogP contribution in [-0.2, 0) is 36.1 Å². The number of carbonyl (C=O) groups is 3. The molecule has 16 nitrogen and oxygen atoms in total. The van der Waals surface area contributed by atoms with Gasteiger partial charge in [0.25, 0.3) is 20.0 Å². The smallest absolute Gasteiger partial charge is 0.329 e. The summed E-state index contributed by atoms with van der Waals surface area (Å²) < 4.78 is 53.9. The van der Waals surface area contributed by atoms with Crippen LogP contribution in [-0.4, -0.2) is 63.2 Å². The molecule has 4 amide bonds. The lowest BCUT2D eigenvalue weighted by Crippen LogP contribution is -2.50. The molecule has 18 heteroatoms. The van der Waals surface area contributed by atoms with Gasteiger partial charge >= 0.3 is 6.03 Å². The molecule has 9 N–H and O–H groups in total. The Hall–Kier alpha value is -4.97. The summed E-state index contributed by atoms with van der Waals surface area (Å²) in [4.78, 5) is 44.0. The summed E-state index contributed by atoms with van der Waals surface area (Å²) in [6.07, 6.45) is 2.79. The van der Waals surface area contributed by atoms with E-state index in [9.17, 15) is 31.2 Å². The number of H-pyrrole nitrogens is 1. The summed E-state index contributed by atoms with van der Waals surface area (Å²) in [5.41, 5.74) is 11.8. The minimum Gasteiger partial charge on any atom is -0.369 e. The number of guanidine groups is 1. The van der Waals surface area contributed by atoms with E-state index < -0.39 is 56.4 Å². The Morgan fingerprint density at radius 2 is 1.61 bits per heavy atom. The summed E-state index contributed by atoms with van der Waals surface area (Å²) in [5.74, 6) is -2.12. The summed E-state index contributed by atoms with van der Waals surface area (Å²) in [6, 6.07) is 8.40. The number of hydrogen-bond donors (Lipinski definition) is 7. The molecule has 1 heterocycles. The fourth-order valence-electron chi connectivity index (χ4n) is 3.30. The first-order valence-corrected chi connectivity index (χ1v) is 14.6. The van der Waals surface area contributed by atoms with Gasteiger partial charge in [-0.25, -0.2) is 22.9 Å². The Balaban J connectivity index is 1.63. The van der Waals surface area contributed by atoms with Crippen LogP contribution < -0.4 is 32.1 Å². The third-order valence-corrected chi connectivity index (χ3v) is 7.91. The average Bonchev–Trinajstić information content (AvgIpc) is 3.40. The predicted molar refractivity (Wildman–Crippen MR) is 147 cm³/mol. The van der Waals surface area contributed by atoms with E-state index in [2.05, 4.69) is 30.3 Å². The van der Waals surface area contributed by atoms with Crippen molar-refractivity contribution in [1.29, 1.82) is 0 Å². The molecule has 0 aliphatic rings. The number of imidazole rings is 1. The number of anilines is 1. The topological polar surface area (TPSA) is 261 Å². The third kappa shape index (κ3) is 9.04. The lowest BCUT2D eigenvalue weighted by Gasteiger charge is -2.18. The maximum Gasteiger partial charge on any atom is 0.329 e. The van der Waals surface area contributed by atoms with Crippen molar-refractivity contribution in [2.75, 3.05) is 11.9 Å². The van der Waals surface area contributed by atoms with Crippen molar-refractivity contribution in [1.82, 2.24) is 25.3 Å². The summed E-state index contributed by atoms with van der Waals surface area (Å²) in [5, 5.41) is 7.13. The van der Waals surface area contributed by atoms with Gasteiger partial charge in [-0.2, -0.15) is 8.42 Å². The first kappa shape index (κ1) is 30.6. The van der Waals surface area contributed by atoms with Crippen LogP contribution in [0.15, 0.2) is 75.2 Å². The van der Waals surface area contributed by atoms with Crippen LogP contribution in [0, 0.1) is 6.92 Å². The molecule has 0 aliphatic carbocycles. The summed E-state index contributed by atoms with van der Waals surface area (Å²) in [7, 11) is -8.31. The molecule has 218 valence electrons. The third-order valence-electron chi connectivity index (χ3n) is 5.24. The van der Waals surface area contributed by atoms with E-state index >= 15 is 0 Å². The Labute approximate surface area is 235 Å². The van der Waals surface area contributed by atoms with Crippen molar-refractivity contribution in [3.05, 3.63) is 72.3 Å². The van der Waals surface area contributed by atoms with E-state index in [1.54, 1.807) is 23.8 Å². The number of nitrogens with two attached hydrogens (primary N) is 2. The summed E-state index contributed by atoms with van der Waals surface area (Å²) >= 11 is 0. The van der Waals surface area contributed by atoms with Crippen molar-refractivity contribution in [3.63, 3.8) is 0 Å². The molecule has 0 unspecified atom stereocenters. The van der Waals surface area contributed by atoms with Gasteiger partial charge in [-0.3, -0.25) is 9.59 Å². The van der Waals surface area contributed by atoms with Gasteiger partial charge < -0.3 is 32.4 Å². The number of sulfonamides is 2. The molecular weight excluding hydrogens is 578 g/mol. The van der Waals surface area contributed by atoms with Gasteiger partial charge in [-0.05, 0) is 43.3 Å². The highest BCUT2D eigenvalue weighted by Gasteiger charge is 2.24. The Kier molecular flexibility index (Phi) is 9.63. The Morgan fingerprint density at radius 1 is 0.976 bits per heavy atom. The number of nitrogens with one attached hydrogen (secondary N) is 5. The van der Waals surface area contributed by atoms with E-state index in [0.717, 1.165) is 5.56 Å². The van der Waals surface area contributed by atoms with Gasteiger partial charge in [0.1, 0.15) is 6.04 Å². The van der Waals surface area contributed by atoms with E-state index in [1.165, 1.54) is 48.9 Å². The number of aromatic amines is 1. The van der Waals surface area contributed by atoms with Gasteiger partial charge in [-0.15, -0.1) is 4.40 Å². The van der Waals surface area contributed by atoms with Crippen LogP contribution in [0.4, 0.5) is 10.5 Å². The largest absolute Gasteiger partial charge is 0.369 e. The lowest BCUT2D eigenvalue weighted by molar-refractivity contribution is -0.125. The van der Waals surface area contributed by atoms with Crippen LogP contribution in [0.5, 0.6) is 0 Å². The van der Waals surface area contributed by atoms with Crippen LogP contribution in [0.1, 0.15) is 11.3 Å². The van der Waals surface area contributed by atoms with Gasteiger partial charge in [-0.1, -0.05) is 17.7 Å². The van der Waals surface area contributed by atoms with Crippen molar-refractivity contribution in [3.8, 4) is 0 Å². The van der Waals surface area contributed by atoms with Crippen LogP contribution in [0.3, 0.4) is 0 Å². The quantitative estimate of drug-likeness (QED) is 0.104. The summed E-state index contributed by atoms with van der Waals surface area (Å²) in [6.45, 7) is 1.12. The molecular formula is C23H27N9O7S2. The van der Waals surface area contributed by atoms with E-state index in [1.807, 2.05) is 0 Å². The van der Waals surface area contributed by atoms with Crippen LogP contribution >= 0.6 is 0 Å². The zero-order valence-electron chi connectivity index (χ0n) is 21.5. The second kappa shape index (κ2) is 12.9. The van der Waals surface area contributed by atoms with E-state index in [0.29, 0.717) is 5.69 Å². The SMILES string of the molecule is Cc1ccc(S(=O)(=O)NC(=O)NCC(=O)N[C@@H](Cc2cnc[nH]2)C(=O)Nc2ccc(S(=O)(=O)N=C(N)N)cc2)cc1. The number of carbonyl (C=O) groups excluding carboxylic acids is 3. The molecule has 1 atom stereocenters. The van der Waals surface area contributed by atoms with Crippen LogP contribution in [0.2, 0.25) is 0 Å². The van der Waals surface area contributed by atoms with Crippen molar-refractivity contribution < 1.29 is 31.2 Å². The molecule has 0 radical (unpaired) electrons. The molecule has 1 aromatic heterocycles. The maximum absolute atomic E-state index is 13.0. The fourth-order valence-corrected chi connectivity index (χ4v) is 5.09. The molecule has 3 aromatic rings. The molecule has 0 saturated heterocycles. The van der Waals surface area contributed by atoms with Gasteiger partial charge in [0, 0.05) is 24.0 Å². The monoisotopic (exact) mass is 605 g/mol. The molecule has 0 bridgehead atoms. The number of rotatable bonds is 11. The van der Waals surface area contributed by atoms with Crippen LogP contribution in [0.25, 0.3) is 0 Å². The van der Waals surface area contributed by atoms with Gasteiger partial charge in [0.15, 0.2) is 0 Å². The van der Waals surface area contributed by atoms with E-state index in [4.69, 9.17) is 11.5 Å². The number of aryl methyl sites for hydroxylation is 1. The highest BCUT2D eigenvalue weighted by atomic mass is 32.2. The zero-order valence-corrected chi connectivity index (χ0v) is 23.1. The Bertz CT molecular complexity index is 1630. The van der Waals surface area contributed by atoms with Gasteiger partial charge in [0.2, 0.25) is 17.8 Å². The molecule has 2 aromatic carbocycles. The first-order valence-electron chi connectivity index (χ1n) is 11.7. The second-order valence-electron chi connectivity index (χ2n) is 8.51. The van der Waals surface area contributed by atoms with E-state index in [-0.39, 0.29) is 21.9 Å². The first-order chi connectivity index (χ1) is 19.2. The second-order valence-corrected chi connectivity index (χ2v) is 11.8. The maximum atomic E-state index is 13.0. The highest BCUT2D eigenvalue weighted by molar-refractivity contribution is 7.90. The molecule has 0 fully saturated rings. The zero-order chi connectivity index (χ0) is 30.2. The van der Waals surface area contributed by atoms with Crippen molar-refractivity contribution in [2.24, 2.45) is 15.9 Å². The predicted octanol–water partition coefficient (Wildman–Crippen LogP) is -0.966. The van der Waals surface area contributed by atoms with Crippen molar-refractivity contribution in [2.45, 2.75) is 29.2 Å². The number of aromatic nitrogens is 2. The number of hydrogen-bond acceptors (Lipinski definition) is 8. The number of benzene rings is 2. The van der Waals surface area contributed by atoms with Crippen molar-refractivity contribution >= 4 is 49.5 Å². The molecule has 41 heavy (non-hydrogen) atoms. The fraction of sp³-hybridized carbons (Fsp3) is 0.174. The Morgan fingerprint density at radius 3 is 2.20 bits per heavy atom. The number of urea groups is 1. The van der Waals surface area contributed by atoms with Gasteiger partial charge in [0.05, 0.1) is 22.7 Å². The molecule has 0 spiro atoms. The molecule has 3 rings (SSSR count). The minimum absolute atomic E-state index is 0.0253. The normalized spacial score (nSPS) is 12.0. The number of nitrogens with zero attached hydrogens (tertiary/aromatic N) is 2. The number of amides is 4. The molecule has 0 aliphatic heterocycles. The standard InChI is InChI=1S/C23H27N9O7S2/c1-14-2-6-17(7-3-14)41(38,39)32-23(35)27-12-20(33)30-19(10-16-11-26-13-28-16)21(34)29-15-4-8-18(9-5-15)40(36,37)31-22(24)25/h2-9,11,13,19H,10,12H2,1H3,(H,26,28)(H,29,34)(H,30,33)(H4,24,25,31)(H2,27,32,35)/t19-/m0/s1. The lowest BCUT2D eigenvalue weighted by atomic mass is 10.1. The average molecular weight is 606 g/mol. The minimum atomic E-state index is -4.17. The molecule has 0 saturated carbocycles.